The van der Waals surface area contributed by atoms with Gasteiger partial charge in [-0.3, -0.25) is 4.79 Å². The molecule has 0 radical (unpaired) electrons. The zero-order valence-corrected chi connectivity index (χ0v) is 13.2. The summed E-state index contributed by atoms with van der Waals surface area (Å²) in [5, 5.41) is 5.06. The van der Waals surface area contributed by atoms with Crippen molar-refractivity contribution in [3.63, 3.8) is 0 Å². The number of rotatable bonds is 6. The fraction of sp³-hybridized carbons (Fsp3) is 0.312. The van der Waals surface area contributed by atoms with E-state index in [9.17, 15) is 4.79 Å². The van der Waals surface area contributed by atoms with Crippen LogP contribution in [0.2, 0.25) is 0 Å². The summed E-state index contributed by atoms with van der Waals surface area (Å²) in [5.41, 5.74) is 0.558. The molecule has 1 aromatic carbocycles. The number of hydrogen-bond acceptors (Lipinski definition) is 4. The van der Waals surface area contributed by atoms with Gasteiger partial charge in [-0.15, -0.1) is 11.3 Å². The van der Waals surface area contributed by atoms with E-state index in [0.29, 0.717) is 17.1 Å². The van der Waals surface area contributed by atoms with Gasteiger partial charge >= 0.3 is 0 Å². The van der Waals surface area contributed by atoms with Crippen molar-refractivity contribution in [2.45, 2.75) is 19.4 Å². The summed E-state index contributed by atoms with van der Waals surface area (Å²) in [4.78, 5) is 13.5. The lowest BCUT2D eigenvalue weighted by Gasteiger charge is -2.16. The third-order valence-electron chi connectivity index (χ3n) is 3.25. The average molecular weight is 305 g/mol. The molecule has 1 amide bonds. The van der Waals surface area contributed by atoms with Gasteiger partial charge in [-0.2, -0.15) is 0 Å². The van der Waals surface area contributed by atoms with Crippen LogP contribution in [-0.4, -0.2) is 20.1 Å². The molecule has 1 N–H and O–H groups in total. The predicted molar refractivity (Wildman–Crippen MR) is 84.4 cm³/mol. The van der Waals surface area contributed by atoms with E-state index in [1.54, 1.807) is 43.8 Å². The molecule has 1 atom stereocenters. The van der Waals surface area contributed by atoms with Crippen molar-refractivity contribution in [3.05, 3.63) is 46.2 Å². The van der Waals surface area contributed by atoms with Gasteiger partial charge in [0.1, 0.15) is 0 Å². The molecule has 0 aliphatic heterocycles. The fourth-order valence-electron chi connectivity index (χ4n) is 2.08. The van der Waals surface area contributed by atoms with Crippen molar-refractivity contribution < 1.29 is 14.3 Å². The highest BCUT2D eigenvalue weighted by molar-refractivity contribution is 7.10. The SMILES string of the molecule is CC[C@H](NC(=O)c1ccc(OC)c(OC)c1)c1cccs1. The molecule has 0 spiro atoms. The second kappa shape index (κ2) is 7.13. The zero-order chi connectivity index (χ0) is 15.2. The second-order valence-corrected chi connectivity index (χ2v) is 5.50. The van der Waals surface area contributed by atoms with Crippen molar-refractivity contribution in [2.75, 3.05) is 14.2 Å². The third kappa shape index (κ3) is 3.55. The minimum atomic E-state index is -0.115. The first-order chi connectivity index (χ1) is 10.2. The Hall–Kier alpha value is -2.01. The van der Waals surface area contributed by atoms with Gasteiger partial charge in [0.2, 0.25) is 0 Å². The van der Waals surface area contributed by atoms with Gasteiger partial charge in [-0.05, 0) is 36.1 Å². The van der Waals surface area contributed by atoms with E-state index in [2.05, 4.69) is 12.2 Å². The molecule has 2 aromatic rings. The molecule has 0 saturated heterocycles. The maximum atomic E-state index is 12.4. The number of thiophene rings is 1. The maximum Gasteiger partial charge on any atom is 0.251 e. The van der Waals surface area contributed by atoms with E-state index < -0.39 is 0 Å². The monoisotopic (exact) mass is 305 g/mol. The largest absolute Gasteiger partial charge is 0.493 e. The molecule has 0 aliphatic carbocycles. The Morgan fingerprint density at radius 3 is 2.57 bits per heavy atom. The molecule has 0 unspecified atom stereocenters. The van der Waals surface area contributed by atoms with Gasteiger partial charge in [0.05, 0.1) is 20.3 Å². The Balaban J connectivity index is 2.16. The molecule has 1 heterocycles. The highest BCUT2D eigenvalue weighted by Crippen LogP contribution is 2.28. The molecule has 4 nitrogen and oxygen atoms in total. The van der Waals surface area contributed by atoms with Crippen molar-refractivity contribution in [1.82, 2.24) is 5.32 Å². The second-order valence-electron chi connectivity index (χ2n) is 4.52. The van der Waals surface area contributed by atoms with Gasteiger partial charge in [-0.25, -0.2) is 0 Å². The Labute approximate surface area is 128 Å². The number of benzene rings is 1. The lowest BCUT2D eigenvalue weighted by Crippen LogP contribution is -2.27. The van der Waals surface area contributed by atoms with Gasteiger partial charge < -0.3 is 14.8 Å². The summed E-state index contributed by atoms with van der Waals surface area (Å²) in [6.45, 7) is 2.05. The molecule has 21 heavy (non-hydrogen) atoms. The van der Waals surface area contributed by atoms with Crippen molar-refractivity contribution >= 4 is 17.2 Å². The van der Waals surface area contributed by atoms with Gasteiger partial charge in [-0.1, -0.05) is 13.0 Å². The molecule has 0 bridgehead atoms. The summed E-state index contributed by atoms with van der Waals surface area (Å²) in [5.74, 6) is 1.05. The number of carbonyl (C=O) groups excluding carboxylic acids is 1. The molecule has 0 fully saturated rings. The number of amides is 1. The van der Waals surface area contributed by atoms with Crippen LogP contribution < -0.4 is 14.8 Å². The standard InChI is InChI=1S/C16H19NO3S/c1-4-12(15-6-5-9-21-15)17-16(18)11-7-8-13(19-2)14(10-11)20-3/h5-10,12H,4H2,1-3H3,(H,17,18)/t12-/m0/s1. The third-order valence-corrected chi connectivity index (χ3v) is 4.23. The van der Waals surface area contributed by atoms with Crippen LogP contribution in [0.5, 0.6) is 11.5 Å². The number of hydrogen-bond donors (Lipinski definition) is 1. The minimum absolute atomic E-state index is 0.0330. The van der Waals surface area contributed by atoms with Crippen LogP contribution in [0.1, 0.15) is 34.6 Å². The molecule has 2 rings (SSSR count). The Bertz CT molecular complexity index is 596. The minimum Gasteiger partial charge on any atom is -0.493 e. The highest BCUT2D eigenvalue weighted by Gasteiger charge is 2.16. The Morgan fingerprint density at radius 1 is 1.24 bits per heavy atom. The maximum absolute atomic E-state index is 12.4. The molecule has 0 aliphatic rings. The van der Waals surface area contributed by atoms with E-state index >= 15 is 0 Å². The van der Waals surface area contributed by atoms with Crippen LogP contribution >= 0.6 is 11.3 Å². The van der Waals surface area contributed by atoms with Gasteiger partial charge in [0.25, 0.3) is 5.91 Å². The molecule has 112 valence electrons. The predicted octanol–water partition coefficient (Wildman–Crippen LogP) is 3.65. The first kappa shape index (κ1) is 15.4. The highest BCUT2D eigenvalue weighted by atomic mass is 32.1. The normalized spacial score (nSPS) is 11.8. The number of methoxy groups -OCH3 is 2. The van der Waals surface area contributed by atoms with Crippen LogP contribution in [0.3, 0.4) is 0 Å². The van der Waals surface area contributed by atoms with E-state index in [0.717, 1.165) is 11.3 Å². The van der Waals surface area contributed by atoms with E-state index in [4.69, 9.17) is 9.47 Å². The number of nitrogens with one attached hydrogen (secondary N) is 1. The van der Waals surface area contributed by atoms with Crippen LogP contribution in [0, 0.1) is 0 Å². The molecular formula is C16H19NO3S. The van der Waals surface area contributed by atoms with E-state index in [1.807, 2.05) is 17.5 Å². The average Bonchev–Trinajstić information content (AvgIpc) is 3.05. The van der Waals surface area contributed by atoms with Crippen LogP contribution in [-0.2, 0) is 0 Å². The summed E-state index contributed by atoms with van der Waals surface area (Å²) in [7, 11) is 3.13. The van der Waals surface area contributed by atoms with E-state index in [-0.39, 0.29) is 11.9 Å². The topological polar surface area (TPSA) is 47.6 Å². The summed E-state index contributed by atoms with van der Waals surface area (Å²) in [6, 6.07) is 9.22. The lowest BCUT2D eigenvalue weighted by molar-refractivity contribution is 0.0936. The number of ether oxygens (including phenoxy) is 2. The molecule has 1 aromatic heterocycles. The lowest BCUT2D eigenvalue weighted by atomic mass is 10.1. The summed E-state index contributed by atoms with van der Waals surface area (Å²) in [6.07, 6.45) is 0.847. The van der Waals surface area contributed by atoms with E-state index in [1.165, 1.54) is 0 Å². The van der Waals surface area contributed by atoms with Gasteiger partial charge in [0, 0.05) is 10.4 Å². The van der Waals surface area contributed by atoms with Crippen LogP contribution in [0.25, 0.3) is 0 Å². The number of carbonyl (C=O) groups is 1. The first-order valence-electron chi connectivity index (χ1n) is 6.75. The van der Waals surface area contributed by atoms with Crippen LogP contribution in [0.15, 0.2) is 35.7 Å². The first-order valence-corrected chi connectivity index (χ1v) is 7.63. The Morgan fingerprint density at radius 2 is 2.00 bits per heavy atom. The molecular weight excluding hydrogens is 286 g/mol. The van der Waals surface area contributed by atoms with Gasteiger partial charge in [0.15, 0.2) is 11.5 Å². The van der Waals surface area contributed by atoms with Crippen LogP contribution in [0.4, 0.5) is 0 Å². The molecule has 0 saturated carbocycles. The fourth-order valence-corrected chi connectivity index (χ4v) is 2.94. The van der Waals surface area contributed by atoms with Crippen molar-refractivity contribution in [3.8, 4) is 11.5 Å². The quantitative estimate of drug-likeness (QED) is 0.886. The van der Waals surface area contributed by atoms with Crippen molar-refractivity contribution in [2.24, 2.45) is 0 Å². The summed E-state index contributed by atoms with van der Waals surface area (Å²) >= 11 is 1.65. The Kier molecular flexibility index (Phi) is 5.22. The summed E-state index contributed by atoms with van der Waals surface area (Å²) < 4.78 is 10.4. The zero-order valence-electron chi connectivity index (χ0n) is 12.4. The van der Waals surface area contributed by atoms with Crippen molar-refractivity contribution in [1.29, 1.82) is 0 Å². The smallest absolute Gasteiger partial charge is 0.251 e. The molecule has 5 heteroatoms.